The average molecular weight is 446 g/mol. The number of pyridine rings is 1. The molecule has 0 unspecified atom stereocenters. The van der Waals surface area contributed by atoms with Gasteiger partial charge in [-0.3, -0.25) is 14.6 Å². The van der Waals surface area contributed by atoms with Crippen LogP contribution in [0.5, 0.6) is 0 Å². The van der Waals surface area contributed by atoms with Gasteiger partial charge in [-0.15, -0.1) is 0 Å². The topological polar surface area (TPSA) is 53.5 Å². The molecule has 1 fully saturated rings. The van der Waals surface area contributed by atoms with Gasteiger partial charge in [0.25, 0.3) is 5.91 Å². The van der Waals surface area contributed by atoms with Crippen LogP contribution in [0.4, 0.5) is 4.39 Å². The van der Waals surface area contributed by atoms with Crippen LogP contribution in [0, 0.1) is 11.2 Å². The largest absolute Gasteiger partial charge is 0.348 e. The van der Waals surface area contributed by atoms with Gasteiger partial charge in [-0.1, -0.05) is 42.5 Å². The summed E-state index contributed by atoms with van der Waals surface area (Å²) in [6.07, 6.45) is 3.54. The first kappa shape index (κ1) is 22.6. The SMILES string of the molecule is CN(C)C(=O)[C@@]1(Cc2cccc(-c3cccc(F)c3)c2)CCCN(C(=O)c2ccccn2)C1. The highest BCUT2D eigenvalue weighted by Crippen LogP contribution is 2.37. The highest BCUT2D eigenvalue weighted by Gasteiger charge is 2.44. The van der Waals surface area contributed by atoms with Gasteiger partial charge < -0.3 is 9.80 Å². The summed E-state index contributed by atoms with van der Waals surface area (Å²) in [5.41, 5.74) is 2.34. The third-order valence-corrected chi connectivity index (χ3v) is 6.24. The molecule has 0 radical (unpaired) electrons. The molecule has 2 heterocycles. The molecule has 1 saturated heterocycles. The Kier molecular flexibility index (Phi) is 6.54. The molecule has 0 bridgehead atoms. The van der Waals surface area contributed by atoms with Crippen molar-refractivity contribution >= 4 is 11.8 Å². The first-order chi connectivity index (χ1) is 15.9. The van der Waals surface area contributed by atoms with Crippen LogP contribution in [0.25, 0.3) is 11.1 Å². The maximum absolute atomic E-state index is 13.7. The first-order valence-corrected chi connectivity index (χ1v) is 11.1. The minimum absolute atomic E-state index is 0.0113. The van der Waals surface area contributed by atoms with Gasteiger partial charge in [0.1, 0.15) is 11.5 Å². The summed E-state index contributed by atoms with van der Waals surface area (Å²) >= 11 is 0. The number of nitrogens with zero attached hydrogens (tertiary/aromatic N) is 3. The van der Waals surface area contributed by atoms with E-state index in [9.17, 15) is 14.0 Å². The third kappa shape index (κ3) is 4.95. The van der Waals surface area contributed by atoms with Gasteiger partial charge in [-0.25, -0.2) is 4.39 Å². The predicted octanol–water partition coefficient (Wildman–Crippen LogP) is 4.44. The van der Waals surface area contributed by atoms with Crippen LogP contribution >= 0.6 is 0 Å². The Hall–Kier alpha value is -3.54. The van der Waals surface area contributed by atoms with Crippen LogP contribution in [0.15, 0.2) is 72.9 Å². The van der Waals surface area contributed by atoms with E-state index in [-0.39, 0.29) is 17.6 Å². The molecule has 0 saturated carbocycles. The van der Waals surface area contributed by atoms with Crippen LogP contribution in [0.1, 0.15) is 28.9 Å². The van der Waals surface area contributed by atoms with Crippen molar-refractivity contribution < 1.29 is 14.0 Å². The second kappa shape index (κ2) is 9.53. The Balaban J connectivity index is 1.65. The number of carbonyl (C=O) groups excluding carboxylic acids is 2. The summed E-state index contributed by atoms with van der Waals surface area (Å²) < 4.78 is 13.7. The molecule has 1 aromatic heterocycles. The molecule has 4 rings (SSSR count). The zero-order chi connectivity index (χ0) is 23.4. The molecule has 2 amide bonds. The fourth-order valence-electron chi connectivity index (χ4n) is 4.74. The number of rotatable bonds is 5. The Bertz CT molecular complexity index is 1150. The van der Waals surface area contributed by atoms with Gasteiger partial charge in [0.05, 0.1) is 5.41 Å². The Labute approximate surface area is 193 Å². The quantitative estimate of drug-likeness (QED) is 0.583. The van der Waals surface area contributed by atoms with E-state index in [2.05, 4.69) is 4.98 Å². The van der Waals surface area contributed by atoms with Crippen LogP contribution in [-0.4, -0.2) is 53.8 Å². The molecular weight excluding hydrogens is 417 g/mol. The van der Waals surface area contributed by atoms with E-state index in [4.69, 9.17) is 0 Å². The summed E-state index contributed by atoms with van der Waals surface area (Å²) in [6, 6.07) is 19.6. The molecule has 3 aromatic rings. The number of benzene rings is 2. The van der Waals surface area contributed by atoms with Crippen molar-refractivity contribution in [2.45, 2.75) is 19.3 Å². The third-order valence-electron chi connectivity index (χ3n) is 6.24. The van der Waals surface area contributed by atoms with Gasteiger partial charge in [0.2, 0.25) is 5.91 Å². The molecule has 1 atom stereocenters. The van der Waals surface area contributed by atoms with Crippen molar-refractivity contribution in [1.29, 1.82) is 0 Å². The van der Waals surface area contributed by atoms with Crippen LogP contribution in [0.2, 0.25) is 0 Å². The predicted molar refractivity (Wildman–Crippen MR) is 126 cm³/mol. The van der Waals surface area contributed by atoms with E-state index < -0.39 is 5.41 Å². The molecule has 1 aliphatic heterocycles. The second-order valence-corrected chi connectivity index (χ2v) is 8.91. The van der Waals surface area contributed by atoms with Gasteiger partial charge >= 0.3 is 0 Å². The molecule has 170 valence electrons. The zero-order valence-electron chi connectivity index (χ0n) is 19.0. The maximum atomic E-state index is 13.7. The number of aromatic nitrogens is 1. The normalized spacial score (nSPS) is 18.1. The van der Waals surface area contributed by atoms with Gasteiger partial charge in [0, 0.05) is 33.4 Å². The van der Waals surface area contributed by atoms with E-state index in [0.717, 1.165) is 23.1 Å². The van der Waals surface area contributed by atoms with Crippen LogP contribution < -0.4 is 0 Å². The van der Waals surface area contributed by atoms with Crippen LogP contribution in [-0.2, 0) is 11.2 Å². The zero-order valence-corrected chi connectivity index (χ0v) is 19.0. The molecule has 5 nitrogen and oxygen atoms in total. The molecule has 0 N–H and O–H groups in total. The molecule has 33 heavy (non-hydrogen) atoms. The molecule has 6 heteroatoms. The lowest BCUT2D eigenvalue weighted by Crippen LogP contribution is -2.54. The monoisotopic (exact) mass is 445 g/mol. The number of amides is 2. The molecular formula is C27H28FN3O2. The standard InChI is InChI=1S/C27H28FN3O2/c1-30(2)26(33)27(13-7-15-31(19-27)25(32)24-12-3-4-14-29-24)18-20-8-5-9-21(16-20)22-10-6-11-23(28)17-22/h3-6,8-12,14,16-17H,7,13,15,18-19H2,1-2H3/t27-/m1/s1. The summed E-state index contributed by atoms with van der Waals surface area (Å²) in [4.78, 5) is 34.1. The molecule has 0 spiro atoms. The number of carbonyl (C=O) groups is 2. The minimum atomic E-state index is -0.729. The van der Waals surface area contributed by atoms with Crippen molar-refractivity contribution in [2.24, 2.45) is 5.41 Å². The van der Waals surface area contributed by atoms with Crippen molar-refractivity contribution in [1.82, 2.24) is 14.8 Å². The summed E-state index contributed by atoms with van der Waals surface area (Å²) in [7, 11) is 3.51. The minimum Gasteiger partial charge on any atom is -0.348 e. The molecule has 0 aliphatic carbocycles. The van der Waals surface area contributed by atoms with Crippen molar-refractivity contribution in [2.75, 3.05) is 27.2 Å². The lowest BCUT2D eigenvalue weighted by Gasteiger charge is -2.43. The number of halogens is 1. The highest BCUT2D eigenvalue weighted by atomic mass is 19.1. The lowest BCUT2D eigenvalue weighted by molar-refractivity contribution is -0.142. The van der Waals surface area contributed by atoms with E-state index >= 15 is 0 Å². The van der Waals surface area contributed by atoms with Crippen molar-refractivity contribution in [3.05, 3.63) is 90.0 Å². The van der Waals surface area contributed by atoms with E-state index in [0.29, 0.717) is 31.6 Å². The molecule has 2 aromatic carbocycles. The molecule has 1 aliphatic rings. The number of piperidine rings is 1. The fourth-order valence-corrected chi connectivity index (χ4v) is 4.74. The smallest absolute Gasteiger partial charge is 0.272 e. The van der Waals surface area contributed by atoms with E-state index in [1.807, 2.05) is 30.3 Å². The number of hydrogen-bond donors (Lipinski definition) is 0. The van der Waals surface area contributed by atoms with E-state index in [1.165, 1.54) is 12.1 Å². The fraction of sp³-hybridized carbons (Fsp3) is 0.296. The Morgan fingerprint density at radius 2 is 1.79 bits per heavy atom. The summed E-state index contributed by atoms with van der Waals surface area (Å²) in [5.74, 6) is -0.426. The van der Waals surface area contributed by atoms with Crippen molar-refractivity contribution in [3.8, 4) is 11.1 Å². The van der Waals surface area contributed by atoms with Gasteiger partial charge in [-0.2, -0.15) is 0 Å². The Morgan fingerprint density at radius 3 is 2.48 bits per heavy atom. The lowest BCUT2D eigenvalue weighted by atomic mass is 9.73. The number of hydrogen-bond acceptors (Lipinski definition) is 3. The van der Waals surface area contributed by atoms with Gasteiger partial charge in [-0.05, 0) is 60.2 Å². The summed E-state index contributed by atoms with van der Waals surface area (Å²) in [5, 5.41) is 0. The van der Waals surface area contributed by atoms with Gasteiger partial charge in [0.15, 0.2) is 0 Å². The number of likely N-dealkylation sites (tertiary alicyclic amines) is 1. The van der Waals surface area contributed by atoms with Crippen LogP contribution in [0.3, 0.4) is 0 Å². The highest BCUT2D eigenvalue weighted by molar-refractivity contribution is 5.93. The average Bonchev–Trinajstić information content (AvgIpc) is 2.84. The second-order valence-electron chi connectivity index (χ2n) is 8.91. The Morgan fingerprint density at radius 1 is 1.03 bits per heavy atom. The van der Waals surface area contributed by atoms with Crippen molar-refractivity contribution in [3.63, 3.8) is 0 Å². The maximum Gasteiger partial charge on any atom is 0.272 e. The summed E-state index contributed by atoms with van der Waals surface area (Å²) in [6.45, 7) is 0.935. The first-order valence-electron chi connectivity index (χ1n) is 11.1. The van der Waals surface area contributed by atoms with E-state index in [1.54, 1.807) is 54.4 Å².